The van der Waals surface area contributed by atoms with Gasteiger partial charge in [-0.3, -0.25) is 4.79 Å². The molecule has 1 atom stereocenters. The Kier molecular flexibility index (Phi) is 4.88. The summed E-state index contributed by atoms with van der Waals surface area (Å²) in [7, 11) is 1.39. The summed E-state index contributed by atoms with van der Waals surface area (Å²) in [6.45, 7) is 2.02. The first kappa shape index (κ1) is 18.3. The molecule has 5 heteroatoms. The molecule has 0 aliphatic carbocycles. The minimum Gasteiger partial charge on any atom is -0.468 e. The molecular formula is C23H19ClN2O2. The van der Waals surface area contributed by atoms with Crippen molar-refractivity contribution < 1.29 is 9.53 Å². The molecular weight excluding hydrogens is 372 g/mol. The summed E-state index contributed by atoms with van der Waals surface area (Å²) < 4.78 is 7.12. The van der Waals surface area contributed by atoms with E-state index in [-0.39, 0.29) is 5.97 Å². The molecule has 0 spiro atoms. The van der Waals surface area contributed by atoms with Crippen molar-refractivity contribution >= 4 is 23.2 Å². The predicted octanol–water partition coefficient (Wildman–Crippen LogP) is 5.27. The van der Waals surface area contributed by atoms with Crippen LogP contribution in [0.1, 0.15) is 22.7 Å². The summed E-state index contributed by atoms with van der Waals surface area (Å²) in [5.74, 6) is -1.08. The number of halogens is 1. The van der Waals surface area contributed by atoms with Crippen molar-refractivity contribution in [2.45, 2.75) is 12.8 Å². The quantitative estimate of drug-likeness (QED) is 0.446. The molecule has 4 aromatic rings. The summed E-state index contributed by atoms with van der Waals surface area (Å²) in [4.78, 5) is 17.8. The van der Waals surface area contributed by atoms with Gasteiger partial charge in [-0.2, -0.15) is 0 Å². The Labute approximate surface area is 168 Å². The maximum absolute atomic E-state index is 12.9. The molecule has 0 saturated heterocycles. The van der Waals surface area contributed by atoms with Crippen LogP contribution >= 0.6 is 11.6 Å². The largest absolute Gasteiger partial charge is 0.468 e. The molecule has 0 amide bonds. The molecule has 140 valence electrons. The van der Waals surface area contributed by atoms with Crippen LogP contribution in [-0.4, -0.2) is 22.5 Å². The Morgan fingerprint density at radius 2 is 1.79 bits per heavy atom. The van der Waals surface area contributed by atoms with Gasteiger partial charge in [0.25, 0.3) is 0 Å². The third-order valence-electron chi connectivity index (χ3n) is 4.79. The highest BCUT2D eigenvalue weighted by Crippen LogP contribution is 2.37. The second-order valence-corrected chi connectivity index (χ2v) is 7.03. The molecule has 0 saturated carbocycles. The van der Waals surface area contributed by atoms with Gasteiger partial charge in [0.1, 0.15) is 11.6 Å². The van der Waals surface area contributed by atoms with Crippen LogP contribution in [0.2, 0.25) is 5.02 Å². The van der Waals surface area contributed by atoms with Gasteiger partial charge in [-0.05, 0) is 36.2 Å². The third kappa shape index (κ3) is 3.16. The summed E-state index contributed by atoms with van der Waals surface area (Å²) in [6.07, 6.45) is 1.94. The van der Waals surface area contributed by atoms with Crippen molar-refractivity contribution in [3.63, 3.8) is 0 Å². The highest BCUT2D eigenvalue weighted by molar-refractivity contribution is 6.31. The average Bonchev–Trinajstić information content (AvgIpc) is 3.08. The van der Waals surface area contributed by atoms with E-state index in [1.807, 2.05) is 78.2 Å². The molecule has 2 heterocycles. The molecule has 0 bridgehead atoms. The number of imidazole rings is 1. The van der Waals surface area contributed by atoms with Crippen molar-refractivity contribution in [1.82, 2.24) is 9.38 Å². The van der Waals surface area contributed by atoms with E-state index in [0.29, 0.717) is 10.6 Å². The molecule has 0 aliphatic heterocycles. The number of ether oxygens (including phenoxy) is 1. The van der Waals surface area contributed by atoms with Crippen molar-refractivity contribution in [2.24, 2.45) is 0 Å². The summed E-state index contributed by atoms with van der Waals surface area (Å²) in [6, 6.07) is 21.2. The summed E-state index contributed by atoms with van der Waals surface area (Å²) in [5.41, 5.74) is 4.96. The van der Waals surface area contributed by atoms with Crippen LogP contribution in [0.4, 0.5) is 0 Å². The summed E-state index contributed by atoms with van der Waals surface area (Å²) >= 11 is 6.47. The molecule has 4 rings (SSSR count). The number of pyridine rings is 1. The van der Waals surface area contributed by atoms with Gasteiger partial charge in [0.05, 0.1) is 18.5 Å². The Morgan fingerprint density at radius 1 is 1.07 bits per heavy atom. The van der Waals surface area contributed by atoms with Crippen molar-refractivity contribution in [2.75, 3.05) is 7.11 Å². The number of benzene rings is 2. The summed E-state index contributed by atoms with van der Waals surface area (Å²) in [5, 5.41) is 0.513. The molecule has 0 fully saturated rings. The number of hydrogen-bond donors (Lipinski definition) is 0. The number of fused-ring (bicyclic) bond motifs is 1. The van der Waals surface area contributed by atoms with E-state index in [9.17, 15) is 4.79 Å². The molecule has 4 nitrogen and oxygen atoms in total. The Bertz CT molecular complexity index is 1150. The van der Waals surface area contributed by atoms with Crippen LogP contribution in [0.25, 0.3) is 16.9 Å². The maximum atomic E-state index is 12.9. The Balaban J connectivity index is 2.07. The van der Waals surface area contributed by atoms with E-state index < -0.39 is 5.92 Å². The highest BCUT2D eigenvalue weighted by Gasteiger charge is 2.32. The second-order valence-electron chi connectivity index (χ2n) is 6.62. The number of carbonyl (C=O) groups is 1. The second kappa shape index (κ2) is 7.49. The number of hydrogen-bond acceptors (Lipinski definition) is 3. The molecule has 0 radical (unpaired) electrons. The normalized spacial score (nSPS) is 12.1. The number of methoxy groups -OCH3 is 1. The minimum atomic E-state index is -0.702. The number of aromatic nitrogens is 2. The lowest BCUT2D eigenvalue weighted by atomic mass is 9.92. The lowest BCUT2D eigenvalue weighted by Gasteiger charge is -2.18. The van der Waals surface area contributed by atoms with Gasteiger partial charge in [0.2, 0.25) is 0 Å². The van der Waals surface area contributed by atoms with E-state index >= 15 is 0 Å². The fraction of sp³-hybridized carbons (Fsp3) is 0.130. The van der Waals surface area contributed by atoms with E-state index in [2.05, 4.69) is 0 Å². The first-order chi connectivity index (χ1) is 13.6. The SMILES string of the molecule is COC(=O)C(c1ccccc1Cl)c1c(-c2ccccc2)nc2cc(C)ccn12. The van der Waals surface area contributed by atoms with Crippen molar-refractivity contribution in [1.29, 1.82) is 0 Å². The first-order valence-corrected chi connectivity index (χ1v) is 9.34. The zero-order valence-corrected chi connectivity index (χ0v) is 16.4. The number of aryl methyl sites for hydroxylation is 1. The van der Waals surface area contributed by atoms with Gasteiger partial charge >= 0.3 is 5.97 Å². The molecule has 2 aromatic heterocycles. The van der Waals surface area contributed by atoms with Gasteiger partial charge < -0.3 is 9.14 Å². The van der Waals surface area contributed by atoms with E-state index in [0.717, 1.165) is 28.2 Å². The van der Waals surface area contributed by atoms with Crippen LogP contribution in [0.3, 0.4) is 0 Å². The number of carbonyl (C=O) groups excluding carboxylic acids is 1. The lowest BCUT2D eigenvalue weighted by Crippen LogP contribution is -2.18. The standard InChI is InChI=1S/C23H19ClN2O2/c1-15-12-13-26-19(14-15)25-21(16-8-4-3-5-9-16)22(26)20(23(27)28-2)17-10-6-7-11-18(17)24/h3-14,20H,1-2H3. The van der Waals surface area contributed by atoms with Gasteiger partial charge in [-0.25, -0.2) is 4.98 Å². The van der Waals surface area contributed by atoms with Gasteiger partial charge in [-0.15, -0.1) is 0 Å². The zero-order chi connectivity index (χ0) is 19.7. The molecule has 1 unspecified atom stereocenters. The average molecular weight is 391 g/mol. The molecule has 0 aliphatic rings. The monoisotopic (exact) mass is 390 g/mol. The van der Waals surface area contributed by atoms with Crippen LogP contribution in [0, 0.1) is 6.92 Å². The molecule has 28 heavy (non-hydrogen) atoms. The van der Waals surface area contributed by atoms with Crippen LogP contribution in [0.5, 0.6) is 0 Å². The van der Waals surface area contributed by atoms with Gasteiger partial charge in [0, 0.05) is 16.8 Å². The fourth-order valence-corrected chi connectivity index (χ4v) is 3.71. The topological polar surface area (TPSA) is 43.6 Å². The third-order valence-corrected chi connectivity index (χ3v) is 5.14. The number of nitrogens with zero attached hydrogens (tertiary/aromatic N) is 2. The molecule has 0 N–H and O–H groups in total. The van der Waals surface area contributed by atoms with Crippen molar-refractivity contribution in [3.8, 4) is 11.3 Å². The fourth-order valence-electron chi connectivity index (χ4n) is 3.46. The zero-order valence-electron chi connectivity index (χ0n) is 15.6. The van der Waals surface area contributed by atoms with Gasteiger partial charge in [0.15, 0.2) is 0 Å². The van der Waals surface area contributed by atoms with Gasteiger partial charge in [-0.1, -0.05) is 60.1 Å². The first-order valence-electron chi connectivity index (χ1n) is 8.96. The van der Waals surface area contributed by atoms with Crippen LogP contribution in [0.15, 0.2) is 72.9 Å². The highest BCUT2D eigenvalue weighted by atomic mass is 35.5. The predicted molar refractivity (Wildman–Crippen MR) is 111 cm³/mol. The van der Waals surface area contributed by atoms with Crippen LogP contribution < -0.4 is 0 Å². The number of rotatable bonds is 4. The van der Waals surface area contributed by atoms with E-state index in [4.69, 9.17) is 21.3 Å². The maximum Gasteiger partial charge on any atom is 0.319 e. The Morgan fingerprint density at radius 3 is 2.50 bits per heavy atom. The lowest BCUT2D eigenvalue weighted by molar-refractivity contribution is -0.141. The van der Waals surface area contributed by atoms with E-state index in [1.54, 1.807) is 6.07 Å². The Hall–Kier alpha value is -3.11. The van der Waals surface area contributed by atoms with Crippen molar-refractivity contribution in [3.05, 3.63) is 94.8 Å². The minimum absolute atomic E-state index is 0.382. The van der Waals surface area contributed by atoms with Crippen LogP contribution in [-0.2, 0) is 9.53 Å². The molecule has 2 aromatic carbocycles. The van der Waals surface area contributed by atoms with E-state index in [1.165, 1.54) is 7.11 Å². The number of esters is 1. The smallest absolute Gasteiger partial charge is 0.319 e.